The smallest absolute Gasteiger partial charge is 0.268 e. The van der Waals surface area contributed by atoms with Gasteiger partial charge in [0.05, 0.1) is 28.0 Å². The van der Waals surface area contributed by atoms with Crippen molar-refractivity contribution in [2.45, 2.75) is 20.4 Å². The highest BCUT2D eigenvalue weighted by Gasteiger charge is 2.20. The van der Waals surface area contributed by atoms with Gasteiger partial charge in [0.25, 0.3) is 11.4 Å². The Labute approximate surface area is 174 Å². The first-order chi connectivity index (χ1) is 14.1. The molecule has 0 unspecified atom stereocenters. The van der Waals surface area contributed by atoms with Gasteiger partial charge in [-0.2, -0.15) is 4.98 Å². The first-order valence-corrected chi connectivity index (χ1v) is 10.7. The molecule has 0 fully saturated rings. The molecule has 0 bridgehead atoms. The molecule has 5 rings (SSSR count). The van der Waals surface area contributed by atoms with Gasteiger partial charge in [-0.3, -0.25) is 9.36 Å². The zero-order chi connectivity index (χ0) is 20.0. The van der Waals surface area contributed by atoms with Crippen LogP contribution in [0.4, 0.5) is 0 Å². The van der Waals surface area contributed by atoms with Gasteiger partial charge in [0.2, 0.25) is 5.82 Å². The number of fused-ring (bicyclic) bond motifs is 1. The number of nitrogens with zero attached hydrogens (tertiary/aromatic N) is 4. The van der Waals surface area contributed by atoms with Crippen LogP contribution < -0.4 is 5.56 Å². The van der Waals surface area contributed by atoms with E-state index in [0.717, 1.165) is 20.9 Å². The molecule has 0 aliphatic heterocycles. The maximum atomic E-state index is 13.1. The molecule has 29 heavy (non-hydrogen) atoms. The molecule has 0 amide bonds. The van der Waals surface area contributed by atoms with Crippen LogP contribution in [-0.4, -0.2) is 19.7 Å². The first kappa shape index (κ1) is 18.0. The Morgan fingerprint density at radius 3 is 2.72 bits per heavy atom. The Morgan fingerprint density at radius 2 is 1.97 bits per heavy atom. The largest absolute Gasteiger partial charge is 0.333 e. The van der Waals surface area contributed by atoms with Gasteiger partial charge in [0.15, 0.2) is 0 Å². The van der Waals surface area contributed by atoms with E-state index in [1.54, 1.807) is 22.2 Å². The molecular weight excluding hydrogens is 404 g/mol. The quantitative estimate of drug-likeness (QED) is 0.413. The van der Waals surface area contributed by atoms with Gasteiger partial charge in [0, 0.05) is 0 Å². The first-order valence-electron chi connectivity index (χ1n) is 9.02. The second kappa shape index (κ2) is 7.06. The summed E-state index contributed by atoms with van der Waals surface area (Å²) in [5, 5.41) is 6.65. The standard InChI is InChI=1S/C21H16N4O2S2/c1-12-5-7-14(8-6-12)10-25-11-22-20-16(21(25)26)13(2)17(29-20)19-23-18(24-27-19)15-4-3-9-28-15/h3-9,11H,10H2,1-2H3. The zero-order valence-electron chi connectivity index (χ0n) is 15.7. The van der Waals surface area contributed by atoms with Crippen LogP contribution in [0.3, 0.4) is 0 Å². The van der Waals surface area contributed by atoms with Crippen molar-refractivity contribution in [3.05, 3.63) is 75.1 Å². The van der Waals surface area contributed by atoms with E-state index in [1.165, 1.54) is 16.9 Å². The summed E-state index contributed by atoms with van der Waals surface area (Å²) in [7, 11) is 0. The van der Waals surface area contributed by atoms with Gasteiger partial charge >= 0.3 is 0 Å². The van der Waals surface area contributed by atoms with E-state index >= 15 is 0 Å². The molecule has 0 radical (unpaired) electrons. The second-order valence-corrected chi connectivity index (χ2v) is 8.75. The topological polar surface area (TPSA) is 73.8 Å². The summed E-state index contributed by atoms with van der Waals surface area (Å²) in [5.74, 6) is 0.968. The minimum Gasteiger partial charge on any atom is -0.333 e. The minimum absolute atomic E-state index is 0.0615. The predicted molar refractivity (Wildman–Crippen MR) is 116 cm³/mol. The lowest BCUT2D eigenvalue weighted by molar-refractivity contribution is 0.433. The molecule has 0 saturated heterocycles. The molecule has 0 aliphatic rings. The lowest BCUT2D eigenvalue weighted by Gasteiger charge is -2.06. The molecule has 5 aromatic rings. The lowest BCUT2D eigenvalue weighted by atomic mass is 10.1. The van der Waals surface area contributed by atoms with E-state index in [1.807, 2.05) is 55.6 Å². The van der Waals surface area contributed by atoms with Crippen LogP contribution in [0.5, 0.6) is 0 Å². The Hall–Kier alpha value is -3.10. The van der Waals surface area contributed by atoms with E-state index < -0.39 is 0 Å². The number of hydrogen-bond acceptors (Lipinski definition) is 7. The number of thiophene rings is 2. The summed E-state index contributed by atoms with van der Waals surface area (Å²) in [6, 6.07) is 12.0. The van der Waals surface area contributed by atoms with Gasteiger partial charge in [-0.05, 0) is 36.4 Å². The number of benzene rings is 1. The third-order valence-electron chi connectivity index (χ3n) is 4.75. The third kappa shape index (κ3) is 3.20. The normalized spacial score (nSPS) is 11.4. The van der Waals surface area contributed by atoms with Crippen molar-refractivity contribution < 1.29 is 4.52 Å². The van der Waals surface area contributed by atoms with Crippen LogP contribution in [0.2, 0.25) is 0 Å². The van der Waals surface area contributed by atoms with Crippen LogP contribution in [-0.2, 0) is 6.54 Å². The molecule has 4 aromatic heterocycles. The fourth-order valence-corrected chi connectivity index (χ4v) is 4.90. The third-order valence-corrected chi connectivity index (χ3v) is 6.81. The van der Waals surface area contributed by atoms with Crippen LogP contribution in [0, 0.1) is 13.8 Å². The number of rotatable bonds is 4. The SMILES string of the molecule is Cc1ccc(Cn2cnc3sc(-c4nc(-c5cccs5)no4)c(C)c3c2=O)cc1. The Kier molecular flexibility index (Phi) is 4.37. The maximum Gasteiger partial charge on any atom is 0.268 e. The molecule has 0 spiro atoms. The van der Waals surface area contributed by atoms with Crippen molar-refractivity contribution in [1.82, 2.24) is 19.7 Å². The van der Waals surface area contributed by atoms with Gasteiger partial charge in [0.1, 0.15) is 4.83 Å². The Morgan fingerprint density at radius 1 is 1.14 bits per heavy atom. The molecule has 0 N–H and O–H groups in total. The summed E-state index contributed by atoms with van der Waals surface area (Å²) >= 11 is 2.95. The molecule has 1 aromatic carbocycles. The van der Waals surface area contributed by atoms with Gasteiger partial charge < -0.3 is 4.52 Å². The average Bonchev–Trinajstić information content (AvgIpc) is 3.45. The van der Waals surface area contributed by atoms with E-state index in [2.05, 4.69) is 15.1 Å². The highest BCUT2D eigenvalue weighted by molar-refractivity contribution is 7.22. The predicted octanol–water partition coefficient (Wildman–Crippen LogP) is 4.90. The fraction of sp³-hybridized carbons (Fsp3) is 0.143. The summed E-state index contributed by atoms with van der Waals surface area (Å²) < 4.78 is 7.12. The highest BCUT2D eigenvalue weighted by atomic mass is 32.1. The van der Waals surface area contributed by atoms with Crippen molar-refractivity contribution in [3.63, 3.8) is 0 Å². The summed E-state index contributed by atoms with van der Waals surface area (Å²) in [5.41, 5.74) is 3.01. The van der Waals surface area contributed by atoms with Crippen molar-refractivity contribution in [2.75, 3.05) is 0 Å². The Balaban J connectivity index is 1.56. The molecule has 8 heteroatoms. The van der Waals surface area contributed by atoms with E-state index in [4.69, 9.17) is 4.52 Å². The van der Waals surface area contributed by atoms with Crippen LogP contribution >= 0.6 is 22.7 Å². The minimum atomic E-state index is -0.0615. The van der Waals surface area contributed by atoms with Crippen molar-refractivity contribution in [1.29, 1.82) is 0 Å². The molecule has 4 heterocycles. The molecule has 0 atom stereocenters. The fourth-order valence-electron chi connectivity index (χ4n) is 3.19. The van der Waals surface area contributed by atoms with Crippen molar-refractivity contribution in [3.8, 4) is 21.5 Å². The number of aromatic nitrogens is 4. The highest BCUT2D eigenvalue weighted by Crippen LogP contribution is 2.36. The van der Waals surface area contributed by atoms with Crippen LogP contribution in [0.1, 0.15) is 16.7 Å². The van der Waals surface area contributed by atoms with Gasteiger partial charge in [-0.1, -0.05) is 41.1 Å². The monoisotopic (exact) mass is 420 g/mol. The lowest BCUT2D eigenvalue weighted by Crippen LogP contribution is -2.21. The molecule has 0 saturated carbocycles. The van der Waals surface area contributed by atoms with Crippen molar-refractivity contribution in [2.24, 2.45) is 0 Å². The van der Waals surface area contributed by atoms with Gasteiger partial charge in [-0.15, -0.1) is 22.7 Å². The molecule has 144 valence electrons. The average molecular weight is 421 g/mol. The van der Waals surface area contributed by atoms with E-state index in [-0.39, 0.29) is 5.56 Å². The maximum absolute atomic E-state index is 13.1. The molecular formula is C21H16N4O2S2. The zero-order valence-corrected chi connectivity index (χ0v) is 17.4. The van der Waals surface area contributed by atoms with E-state index in [0.29, 0.717) is 28.5 Å². The number of hydrogen-bond donors (Lipinski definition) is 0. The van der Waals surface area contributed by atoms with Gasteiger partial charge in [-0.25, -0.2) is 4.98 Å². The molecule has 6 nitrogen and oxygen atoms in total. The number of aryl methyl sites for hydroxylation is 2. The Bertz CT molecular complexity index is 1360. The summed E-state index contributed by atoms with van der Waals surface area (Å²) in [6.45, 7) is 4.43. The van der Waals surface area contributed by atoms with Crippen molar-refractivity contribution >= 4 is 32.9 Å². The van der Waals surface area contributed by atoms with E-state index in [9.17, 15) is 4.79 Å². The second-order valence-electron chi connectivity index (χ2n) is 6.80. The molecule has 0 aliphatic carbocycles. The summed E-state index contributed by atoms with van der Waals surface area (Å²) in [4.78, 5) is 24.6. The van der Waals surface area contributed by atoms with Crippen LogP contribution in [0.25, 0.3) is 31.7 Å². The van der Waals surface area contributed by atoms with Crippen LogP contribution in [0.15, 0.2) is 57.4 Å². The summed E-state index contributed by atoms with van der Waals surface area (Å²) in [6.07, 6.45) is 1.61.